The van der Waals surface area contributed by atoms with Crippen LogP contribution in [0.2, 0.25) is 0 Å². The molecule has 0 saturated heterocycles. The summed E-state index contributed by atoms with van der Waals surface area (Å²) in [5.41, 5.74) is 2.37. The monoisotopic (exact) mass is 260 g/mol. The first kappa shape index (κ1) is 13.1. The average Bonchev–Trinajstić information content (AvgIpc) is 2.92. The van der Waals surface area contributed by atoms with Crippen molar-refractivity contribution in [2.45, 2.75) is 33.2 Å². The standard InChI is InChI=1S/C15H20N2S/c1-4-11(2)12(3)17-14-7-5-13(6-8-14)15-16-9-10-18-15/h5-12,17H,4H2,1-3H3. The lowest BCUT2D eigenvalue weighted by molar-refractivity contribution is 0.494. The van der Waals surface area contributed by atoms with Crippen LogP contribution in [0.25, 0.3) is 10.6 Å². The highest BCUT2D eigenvalue weighted by molar-refractivity contribution is 7.13. The van der Waals surface area contributed by atoms with E-state index in [1.54, 1.807) is 11.3 Å². The summed E-state index contributed by atoms with van der Waals surface area (Å²) < 4.78 is 0. The third-order valence-corrected chi connectivity index (χ3v) is 4.28. The van der Waals surface area contributed by atoms with Gasteiger partial charge in [0.15, 0.2) is 0 Å². The van der Waals surface area contributed by atoms with Gasteiger partial charge in [0.25, 0.3) is 0 Å². The Hall–Kier alpha value is -1.35. The maximum atomic E-state index is 4.32. The zero-order valence-corrected chi connectivity index (χ0v) is 12.0. The van der Waals surface area contributed by atoms with Crippen LogP contribution in [0.5, 0.6) is 0 Å². The Labute approximate surface area is 113 Å². The largest absolute Gasteiger partial charge is 0.382 e. The van der Waals surface area contributed by atoms with E-state index in [-0.39, 0.29) is 0 Å². The predicted octanol–water partition coefficient (Wildman–Crippen LogP) is 4.66. The highest BCUT2D eigenvalue weighted by atomic mass is 32.1. The maximum Gasteiger partial charge on any atom is 0.123 e. The van der Waals surface area contributed by atoms with Crippen molar-refractivity contribution < 1.29 is 0 Å². The van der Waals surface area contributed by atoms with Crippen LogP contribution >= 0.6 is 11.3 Å². The number of nitrogens with one attached hydrogen (secondary N) is 1. The highest BCUT2D eigenvalue weighted by Gasteiger charge is 2.09. The van der Waals surface area contributed by atoms with Crippen molar-refractivity contribution in [3.8, 4) is 10.6 Å². The Morgan fingerprint density at radius 2 is 1.94 bits per heavy atom. The van der Waals surface area contributed by atoms with E-state index in [4.69, 9.17) is 0 Å². The van der Waals surface area contributed by atoms with E-state index >= 15 is 0 Å². The van der Waals surface area contributed by atoms with Gasteiger partial charge in [0.2, 0.25) is 0 Å². The number of hydrogen-bond donors (Lipinski definition) is 1. The van der Waals surface area contributed by atoms with E-state index in [9.17, 15) is 0 Å². The van der Waals surface area contributed by atoms with Gasteiger partial charge in [-0.1, -0.05) is 20.3 Å². The van der Waals surface area contributed by atoms with Gasteiger partial charge in [0.05, 0.1) is 0 Å². The second kappa shape index (κ2) is 6.01. The SMILES string of the molecule is CCC(C)C(C)Nc1ccc(-c2nccs2)cc1. The van der Waals surface area contributed by atoms with Gasteiger partial charge < -0.3 is 5.32 Å². The average molecular weight is 260 g/mol. The van der Waals surface area contributed by atoms with Gasteiger partial charge in [-0.05, 0) is 37.1 Å². The van der Waals surface area contributed by atoms with Crippen molar-refractivity contribution in [2.24, 2.45) is 5.92 Å². The molecule has 0 radical (unpaired) electrons. The zero-order valence-electron chi connectivity index (χ0n) is 11.2. The predicted molar refractivity (Wildman–Crippen MR) is 80.1 cm³/mol. The van der Waals surface area contributed by atoms with Gasteiger partial charge in [-0.15, -0.1) is 11.3 Å². The second-order valence-corrected chi connectivity index (χ2v) is 5.63. The molecule has 18 heavy (non-hydrogen) atoms. The minimum absolute atomic E-state index is 0.501. The molecule has 0 spiro atoms. The summed E-state index contributed by atoms with van der Waals surface area (Å²) in [7, 11) is 0. The van der Waals surface area contributed by atoms with Crippen LogP contribution in [-0.4, -0.2) is 11.0 Å². The molecule has 1 heterocycles. The summed E-state index contributed by atoms with van der Waals surface area (Å²) >= 11 is 1.67. The lowest BCUT2D eigenvalue weighted by Gasteiger charge is -2.21. The zero-order chi connectivity index (χ0) is 13.0. The van der Waals surface area contributed by atoms with E-state index in [0.29, 0.717) is 12.0 Å². The first-order valence-corrected chi connectivity index (χ1v) is 7.35. The van der Waals surface area contributed by atoms with Gasteiger partial charge in [0, 0.05) is 28.9 Å². The molecule has 96 valence electrons. The summed E-state index contributed by atoms with van der Waals surface area (Å²) in [4.78, 5) is 4.32. The summed E-state index contributed by atoms with van der Waals surface area (Å²) in [6, 6.07) is 9.03. The second-order valence-electron chi connectivity index (χ2n) is 4.73. The number of thiazole rings is 1. The molecule has 0 saturated carbocycles. The molecule has 3 heteroatoms. The minimum Gasteiger partial charge on any atom is -0.382 e. The molecule has 2 nitrogen and oxygen atoms in total. The summed E-state index contributed by atoms with van der Waals surface area (Å²) in [5, 5.41) is 6.63. The van der Waals surface area contributed by atoms with E-state index in [1.807, 2.05) is 11.6 Å². The fraction of sp³-hybridized carbons (Fsp3) is 0.400. The van der Waals surface area contributed by atoms with Gasteiger partial charge in [0.1, 0.15) is 5.01 Å². The Morgan fingerprint density at radius 1 is 1.22 bits per heavy atom. The fourth-order valence-corrected chi connectivity index (χ4v) is 2.48. The van der Waals surface area contributed by atoms with Gasteiger partial charge in [-0.2, -0.15) is 0 Å². The molecule has 2 rings (SSSR count). The third-order valence-electron chi connectivity index (χ3n) is 3.46. The summed E-state index contributed by atoms with van der Waals surface area (Å²) in [6.45, 7) is 6.75. The van der Waals surface area contributed by atoms with Crippen LogP contribution in [-0.2, 0) is 0 Å². The number of nitrogens with zero attached hydrogens (tertiary/aromatic N) is 1. The quantitative estimate of drug-likeness (QED) is 0.846. The lowest BCUT2D eigenvalue weighted by atomic mass is 10.0. The van der Waals surface area contributed by atoms with E-state index in [1.165, 1.54) is 17.7 Å². The van der Waals surface area contributed by atoms with Crippen LogP contribution in [0.15, 0.2) is 35.8 Å². The molecule has 0 aliphatic carbocycles. The smallest absolute Gasteiger partial charge is 0.123 e. The number of anilines is 1. The van der Waals surface area contributed by atoms with Crippen molar-refractivity contribution in [3.05, 3.63) is 35.8 Å². The van der Waals surface area contributed by atoms with E-state index in [2.05, 4.69) is 55.3 Å². The van der Waals surface area contributed by atoms with Gasteiger partial charge >= 0.3 is 0 Å². The molecule has 2 aromatic rings. The highest BCUT2D eigenvalue weighted by Crippen LogP contribution is 2.24. The Morgan fingerprint density at radius 3 is 2.50 bits per heavy atom. The molecule has 1 N–H and O–H groups in total. The number of rotatable bonds is 5. The number of benzene rings is 1. The molecule has 1 aromatic carbocycles. The molecular formula is C15H20N2S. The van der Waals surface area contributed by atoms with Crippen LogP contribution in [0.1, 0.15) is 27.2 Å². The first-order chi connectivity index (χ1) is 8.70. The molecule has 2 unspecified atom stereocenters. The van der Waals surface area contributed by atoms with Crippen molar-refractivity contribution in [1.29, 1.82) is 0 Å². The summed E-state index contributed by atoms with van der Waals surface area (Å²) in [6.07, 6.45) is 3.04. The first-order valence-electron chi connectivity index (χ1n) is 6.47. The van der Waals surface area contributed by atoms with Gasteiger partial charge in [-0.3, -0.25) is 0 Å². The molecular weight excluding hydrogens is 240 g/mol. The van der Waals surface area contributed by atoms with Crippen LogP contribution in [0.4, 0.5) is 5.69 Å². The normalized spacial score (nSPS) is 14.2. The molecule has 0 aliphatic heterocycles. The number of hydrogen-bond acceptors (Lipinski definition) is 3. The molecule has 0 bridgehead atoms. The summed E-state index contributed by atoms with van der Waals surface area (Å²) in [5.74, 6) is 0.684. The molecule has 0 amide bonds. The molecule has 2 atom stereocenters. The van der Waals surface area contributed by atoms with Crippen molar-refractivity contribution >= 4 is 17.0 Å². The molecule has 1 aromatic heterocycles. The Kier molecular flexibility index (Phi) is 4.37. The number of aromatic nitrogens is 1. The minimum atomic E-state index is 0.501. The Bertz CT molecular complexity index is 462. The van der Waals surface area contributed by atoms with Crippen molar-refractivity contribution in [2.75, 3.05) is 5.32 Å². The van der Waals surface area contributed by atoms with E-state index in [0.717, 1.165) is 5.01 Å². The maximum absolute atomic E-state index is 4.32. The van der Waals surface area contributed by atoms with Crippen LogP contribution < -0.4 is 5.32 Å². The third kappa shape index (κ3) is 3.10. The fourth-order valence-electron chi connectivity index (χ4n) is 1.83. The van der Waals surface area contributed by atoms with Crippen LogP contribution in [0.3, 0.4) is 0 Å². The van der Waals surface area contributed by atoms with Crippen molar-refractivity contribution in [3.63, 3.8) is 0 Å². The van der Waals surface area contributed by atoms with E-state index < -0.39 is 0 Å². The van der Waals surface area contributed by atoms with Crippen molar-refractivity contribution in [1.82, 2.24) is 4.98 Å². The van der Waals surface area contributed by atoms with Crippen LogP contribution in [0, 0.1) is 5.92 Å². The lowest BCUT2D eigenvalue weighted by Crippen LogP contribution is -2.23. The topological polar surface area (TPSA) is 24.9 Å². The Balaban J connectivity index is 2.04. The molecule has 0 fully saturated rings. The van der Waals surface area contributed by atoms with Gasteiger partial charge in [-0.25, -0.2) is 4.98 Å². The molecule has 0 aliphatic rings.